The van der Waals surface area contributed by atoms with Crippen LogP contribution in [0.1, 0.15) is 25.3 Å². The van der Waals surface area contributed by atoms with Gasteiger partial charge in [-0.05, 0) is 25.8 Å². The molecule has 0 radical (unpaired) electrons. The summed E-state index contributed by atoms with van der Waals surface area (Å²) in [6.45, 7) is 2.28. The predicted molar refractivity (Wildman–Crippen MR) is 59.2 cm³/mol. The number of anilines is 1. The molecule has 82 valence electrons. The number of hydrogen-bond acceptors (Lipinski definition) is 4. The molecule has 1 aliphatic rings. The van der Waals surface area contributed by atoms with Gasteiger partial charge in [0.15, 0.2) is 0 Å². The van der Waals surface area contributed by atoms with Crippen LogP contribution in [0.25, 0.3) is 0 Å². The minimum Gasteiger partial charge on any atom is -0.384 e. The minimum atomic E-state index is -0.944. The molecule has 15 heavy (non-hydrogen) atoms. The maximum atomic E-state index is 10.3. The topological polar surface area (TPSA) is 71.2 Å². The summed E-state index contributed by atoms with van der Waals surface area (Å²) < 4.78 is 0. The lowest BCUT2D eigenvalue weighted by Gasteiger charge is -2.25. The van der Waals surface area contributed by atoms with Crippen LogP contribution in [0, 0.1) is 0 Å². The zero-order valence-electron chi connectivity index (χ0n) is 8.90. The van der Waals surface area contributed by atoms with E-state index in [1.807, 2.05) is 6.07 Å². The SMILES string of the molecule is CC(O)(CNC1CC1)c1cccnc1N. The van der Waals surface area contributed by atoms with Gasteiger partial charge in [0.25, 0.3) is 0 Å². The molecule has 1 aromatic heterocycles. The Balaban J connectivity index is 2.08. The van der Waals surface area contributed by atoms with Crippen molar-refractivity contribution in [1.29, 1.82) is 0 Å². The predicted octanol–water partition coefficient (Wildman–Crippen LogP) is 0.623. The molecule has 4 heteroatoms. The van der Waals surface area contributed by atoms with Crippen molar-refractivity contribution in [1.82, 2.24) is 10.3 Å². The normalized spacial score (nSPS) is 19.9. The molecule has 4 nitrogen and oxygen atoms in total. The fourth-order valence-corrected chi connectivity index (χ4v) is 1.60. The lowest BCUT2D eigenvalue weighted by molar-refractivity contribution is 0.0571. The summed E-state index contributed by atoms with van der Waals surface area (Å²) >= 11 is 0. The van der Waals surface area contributed by atoms with Crippen molar-refractivity contribution < 1.29 is 5.11 Å². The van der Waals surface area contributed by atoms with E-state index >= 15 is 0 Å². The highest BCUT2D eigenvalue weighted by atomic mass is 16.3. The molecule has 1 atom stereocenters. The number of nitrogens with zero attached hydrogens (tertiary/aromatic N) is 1. The highest BCUT2D eigenvalue weighted by Gasteiger charge is 2.29. The van der Waals surface area contributed by atoms with E-state index < -0.39 is 5.60 Å². The summed E-state index contributed by atoms with van der Waals surface area (Å²) in [7, 11) is 0. The molecular weight excluding hydrogens is 190 g/mol. The molecule has 1 aromatic rings. The molecule has 2 rings (SSSR count). The summed E-state index contributed by atoms with van der Waals surface area (Å²) in [5.41, 5.74) is 5.48. The smallest absolute Gasteiger partial charge is 0.129 e. The first-order valence-corrected chi connectivity index (χ1v) is 5.26. The first-order chi connectivity index (χ1) is 7.09. The number of pyridine rings is 1. The highest BCUT2D eigenvalue weighted by Crippen LogP contribution is 2.26. The Bertz CT molecular complexity index is 347. The van der Waals surface area contributed by atoms with Gasteiger partial charge in [-0.1, -0.05) is 6.07 Å². The molecule has 1 aliphatic carbocycles. The fourth-order valence-electron chi connectivity index (χ4n) is 1.60. The molecule has 0 spiro atoms. The van der Waals surface area contributed by atoms with Crippen molar-refractivity contribution in [3.8, 4) is 0 Å². The Morgan fingerprint density at radius 2 is 2.40 bits per heavy atom. The van der Waals surface area contributed by atoms with Crippen LogP contribution in [0.3, 0.4) is 0 Å². The molecule has 0 amide bonds. The molecule has 1 fully saturated rings. The van der Waals surface area contributed by atoms with E-state index in [4.69, 9.17) is 5.73 Å². The maximum absolute atomic E-state index is 10.3. The Kier molecular flexibility index (Phi) is 2.63. The molecule has 0 bridgehead atoms. The number of rotatable bonds is 4. The van der Waals surface area contributed by atoms with E-state index in [0.717, 1.165) is 0 Å². The molecule has 1 saturated carbocycles. The van der Waals surface area contributed by atoms with Crippen LogP contribution in [0.2, 0.25) is 0 Å². The van der Waals surface area contributed by atoms with E-state index in [9.17, 15) is 5.11 Å². The molecule has 1 unspecified atom stereocenters. The van der Waals surface area contributed by atoms with Gasteiger partial charge in [0, 0.05) is 24.3 Å². The van der Waals surface area contributed by atoms with Crippen LogP contribution in [0.15, 0.2) is 18.3 Å². The Labute approximate surface area is 89.5 Å². The van der Waals surface area contributed by atoms with Crippen molar-refractivity contribution >= 4 is 5.82 Å². The molecular formula is C11H17N3O. The van der Waals surface area contributed by atoms with Gasteiger partial charge in [-0.2, -0.15) is 0 Å². The van der Waals surface area contributed by atoms with Gasteiger partial charge in [0.05, 0.1) is 0 Å². The van der Waals surface area contributed by atoms with Gasteiger partial charge in [0.1, 0.15) is 11.4 Å². The molecule has 0 aliphatic heterocycles. The number of nitrogen functional groups attached to an aromatic ring is 1. The van der Waals surface area contributed by atoms with Crippen LogP contribution < -0.4 is 11.1 Å². The quantitative estimate of drug-likeness (QED) is 0.677. The standard InChI is InChI=1S/C11H17N3O/c1-11(15,7-14-8-4-5-8)9-3-2-6-13-10(9)12/h2-3,6,8,14-15H,4-5,7H2,1H3,(H2,12,13). The van der Waals surface area contributed by atoms with Gasteiger partial charge in [-0.3, -0.25) is 0 Å². The summed E-state index contributed by atoms with van der Waals surface area (Å²) in [5.74, 6) is 0.403. The van der Waals surface area contributed by atoms with E-state index in [-0.39, 0.29) is 0 Å². The zero-order valence-corrected chi connectivity index (χ0v) is 8.90. The molecule has 4 N–H and O–H groups in total. The second-order valence-electron chi connectivity index (χ2n) is 4.37. The van der Waals surface area contributed by atoms with Crippen LogP contribution in [0.4, 0.5) is 5.82 Å². The molecule has 1 heterocycles. The van der Waals surface area contributed by atoms with Crippen molar-refractivity contribution in [3.63, 3.8) is 0 Å². The van der Waals surface area contributed by atoms with E-state index in [0.29, 0.717) is 24.0 Å². The number of aromatic nitrogens is 1. The summed E-state index contributed by atoms with van der Waals surface area (Å²) in [6.07, 6.45) is 4.04. The van der Waals surface area contributed by atoms with E-state index in [1.165, 1.54) is 12.8 Å². The van der Waals surface area contributed by atoms with Gasteiger partial charge >= 0.3 is 0 Å². The van der Waals surface area contributed by atoms with E-state index in [1.54, 1.807) is 19.2 Å². The monoisotopic (exact) mass is 207 g/mol. The van der Waals surface area contributed by atoms with Crippen LogP contribution in [0.5, 0.6) is 0 Å². The fraction of sp³-hybridized carbons (Fsp3) is 0.545. The highest BCUT2D eigenvalue weighted by molar-refractivity contribution is 5.42. The van der Waals surface area contributed by atoms with Crippen molar-refractivity contribution in [2.75, 3.05) is 12.3 Å². The van der Waals surface area contributed by atoms with Gasteiger partial charge in [0.2, 0.25) is 0 Å². The number of nitrogens with one attached hydrogen (secondary N) is 1. The van der Waals surface area contributed by atoms with Gasteiger partial charge < -0.3 is 16.2 Å². The van der Waals surface area contributed by atoms with Crippen molar-refractivity contribution in [2.24, 2.45) is 0 Å². The van der Waals surface area contributed by atoms with Crippen molar-refractivity contribution in [2.45, 2.75) is 31.4 Å². The Morgan fingerprint density at radius 3 is 3.00 bits per heavy atom. The lowest BCUT2D eigenvalue weighted by Crippen LogP contribution is -2.37. The third-order valence-corrected chi connectivity index (χ3v) is 2.73. The number of nitrogens with two attached hydrogens (primary N) is 1. The van der Waals surface area contributed by atoms with Gasteiger partial charge in [-0.25, -0.2) is 4.98 Å². The van der Waals surface area contributed by atoms with Crippen LogP contribution in [-0.4, -0.2) is 22.7 Å². The van der Waals surface area contributed by atoms with Gasteiger partial charge in [-0.15, -0.1) is 0 Å². The lowest BCUT2D eigenvalue weighted by atomic mass is 9.96. The second-order valence-corrected chi connectivity index (χ2v) is 4.37. The minimum absolute atomic E-state index is 0.403. The Morgan fingerprint density at radius 1 is 1.67 bits per heavy atom. The average Bonchev–Trinajstić information content (AvgIpc) is 2.99. The second kappa shape index (κ2) is 3.79. The Hall–Kier alpha value is -1.13. The van der Waals surface area contributed by atoms with Crippen LogP contribution >= 0.6 is 0 Å². The summed E-state index contributed by atoms with van der Waals surface area (Å²) in [6, 6.07) is 4.18. The van der Waals surface area contributed by atoms with Crippen molar-refractivity contribution in [3.05, 3.63) is 23.9 Å². The first kappa shape index (κ1) is 10.4. The molecule has 0 aromatic carbocycles. The largest absolute Gasteiger partial charge is 0.384 e. The number of aliphatic hydroxyl groups is 1. The third-order valence-electron chi connectivity index (χ3n) is 2.73. The third kappa shape index (κ3) is 2.46. The average molecular weight is 207 g/mol. The zero-order chi connectivity index (χ0) is 10.9. The maximum Gasteiger partial charge on any atom is 0.129 e. The van der Waals surface area contributed by atoms with Crippen LogP contribution in [-0.2, 0) is 5.60 Å². The van der Waals surface area contributed by atoms with E-state index in [2.05, 4.69) is 10.3 Å². The summed E-state index contributed by atoms with van der Waals surface area (Å²) in [4.78, 5) is 3.98. The summed E-state index contributed by atoms with van der Waals surface area (Å²) in [5, 5.41) is 13.6. The first-order valence-electron chi connectivity index (χ1n) is 5.26. The molecule has 0 saturated heterocycles. The number of hydrogen-bond donors (Lipinski definition) is 3.